The van der Waals surface area contributed by atoms with E-state index in [-0.39, 0.29) is 0 Å². The molecule has 1 aliphatic carbocycles. The predicted octanol–water partition coefficient (Wildman–Crippen LogP) is 3.87. The highest BCUT2D eigenvalue weighted by atomic mass is 35.5. The topological polar surface area (TPSA) is 38.3 Å². The summed E-state index contributed by atoms with van der Waals surface area (Å²) in [5.41, 5.74) is 1.35. The molecule has 0 heterocycles. The average molecular weight is 268 g/mol. The van der Waals surface area contributed by atoms with Crippen LogP contribution in [0.5, 0.6) is 0 Å². The molecule has 18 heavy (non-hydrogen) atoms. The van der Waals surface area contributed by atoms with Gasteiger partial charge in [-0.15, -0.1) is 0 Å². The third kappa shape index (κ3) is 3.16. The fourth-order valence-corrected chi connectivity index (χ4v) is 2.56. The first kappa shape index (κ1) is 13.2. The highest BCUT2D eigenvalue weighted by Crippen LogP contribution is 2.25. The van der Waals surface area contributed by atoms with E-state index < -0.39 is 5.97 Å². The Balaban J connectivity index is 2.11. The SMILES string of the molecule is COC(=O)c1cc(NC2CCCCC2)ccc1Cl. The van der Waals surface area contributed by atoms with Crippen molar-refractivity contribution in [3.8, 4) is 0 Å². The Kier molecular flexibility index (Phi) is 4.48. The van der Waals surface area contributed by atoms with Crippen molar-refractivity contribution >= 4 is 23.3 Å². The quantitative estimate of drug-likeness (QED) is 0.845. The molecule has 4 heteroatoms. The zero-order valence-corrected chi connectivity index (χ0v) is 11.3. The van der Waals surface area contributed by atoms with Crippen LogP contribution in [0.3, 0.4) is 0 Å². The van der Waals surface area contributed by atoms with Gasteiger partial charge in [-0.2, -0.15) is 0 Å². The van der Waals surface area contributed by atoms with Gasteiger partial charge in [-0.3, -0.25) is 0 Å². The second-order valence-electron chi connectivity index (χ2n) is 4.67. The molecule has 0 amide bonds. The van der Waals surface area contributed by atoms with E-state index in [2.05, 4.69) is 5.32 Å². The van der Waals surface area contributed by atoms with E-state index in [9.17, 15) is 4.79 Å². The van der Waals surface area contributed by atoms with E-state index in [1.165, 1.54) is 39.2 Å². The molecule has 0 atom stereocenters. The van der Waals surface area contributed by atoms with Gasteiger partial charge in [-0.1, -0.05) is 30.9 Å². The van der Waals surface area contributed by atoms with Gasteiger partial charge in [0.05, 0.1) is 17.7 Å². The van der Waals surface area contributed by atoms with Gasteiger partial charge >= 0.3 is 5.97 Å². The van der Waals surface area contributed by atoms with Gasteiger partial charge in [0.1, 0.15) is 0 Å². The Labute approximate surface area is 112 Å². The Hall–Kier alpha value is -1.22. The number of carbonyl (C=O) groups excluding carboxylic acids is 1. The number of benzene rings is 1. The number of rotatable bonds is 3. The van der Waals surface area contributed by atoms with Crippen molar-refractivity contribution in [3.05, 3.63) is 28.8 Å². The van der Waals surface area contributed by atoms with Crippen molar-refractivity contribution in [3.63, 3.8) is 0 Å². The predicted molar refractivity (Wildman–Crippen MR) is 73.3 cm³/mol. The van der Waals surface area contributed by atoms with Gasteiger partial charge in [-0.05, 0) is 31.0 Å². The molecule has 0 radical (unpaired) electrons. The molecule has 0 spiro atoms. The van der Waals surface area contributed by atoms with Crippen LogP contribution >= 0.6 is 11.6 Å². The number of nitrogens with one attached hydrogen (secondary N) is 1. The molecule has 98 valence electrons. The van der Waals surface area contributed by atoms with Crippen molar-refractivity contribution in [1.29, 1.82) is 0 Å². The average Bonchev–Trinajstić information content (AvgIpc) is 2.41. The molecule has 0 aromatic heterocycles. The fraction of sp³-hybridized carbons (Fsp3) is 0.500. The Morgan fingerprint density at radius 3 is 2.72 bits per heavy atom. The van der Waals surface area contributed by atoms with E-state index in [1.807, 2.05) is 6.07 Å². The molecular weight excluding hydrogens is 250 g/mol. The van der Waals surface area contributed by atoms with Crippen LogP contribution < -0.4 is 5.32 Å². The van der Waals surface area contributed by atoms with Crippen LogP contribution in [0.1, 0.15) is 42.5 Å². The second kappa shape index (κ2) is 6.10. The van der Waals surface area contributed by atoms with Crippen molar-refractivity contribution in [2.45, 2.75) is 38.1 Å². The third-order valence-electron chi connectivity index (χ3n) is 3.35. The van der Waals surface area contributed by atoms with Crippen LogP contribution in [0.25, 0.3) is 0 Å². The van der Waals surface area contributed by atoms with Gasteiger partial charge < -0.3 is 10.1 Å². The monoisotopic (exact) mass is 267 g/mol. The molecule has 1 fully saturated rings. The molecule has 0 unspecified atom stereocenters. The summed E-state index contributed by atoms with van der Waals surface area (Å²) in [4.78, 5) is 11.5. The molecule has 1 aromatic carbocycles. The van der Waals surface area contributed by atoms with E-state index in [0.29, 0.717) is 16.6 Å². The fourth-order valence-electron chi connectivity index (χ4n) is 2.36. The van der Waals surface area contributed by atoms with E-state index in [0.717, 1.165) is 5.69 Å². The highest BCUT2D eigenvalue weighted by molar-refractivity contribution is 6.33. The number of methoxy groups -OCH3 is 1. The molecule has 0 saturated heterocycles. The van der Waals surface area contributed by atoms with Gasteiger partial charge in [0.15, 0.2) is 0 Å². The molecule has 1 aliphatic rings. The number of hydrogen-bond donors (Lipinski definition) is 1. The van der Waals surface area contributed by atoms with Crippen molar-refractivity contribution in [2.75, 3.05) is 12.4 Å². The number of anilines is 1. The summed E-state index contributed by atoms with van der Waals surface area (Å²) in [6.07, 6.45) is 6.25. The molecule has 0 bridgehead atoms. The molecule has 1 N–H and O–H groups in total. The summed E-state index contributed by atoms with van der Waals surface area (Å²) in [6, 6.07) is 5.91. The number of hydrogen-bond acceptors (Lipinski definition) is 3. The first-order valence-corrected chi connectivity index (χ1v) is 6.73. The van der Waals surface area contributed by atoms with Crippen LogP contribution in [0.4, 0.5) is 5.69 Å². The highest BCUT2D eigenvalue weighted by Gasteiger charge is 2.15. The van der Waals surface area contributed by atoms with E-state index in [1.54, 1.807) is 12.1 Å². The minimum Gasteiger partial charge on any atom is -0.465 e. The standard InChI is InChI=1S/C14H18ClNO2/c1-18-14(17)12-9-11(7-8-13(12)15)16-10-5-3-2-4-6-10/h7-10,16H,2-6H2,1H3. The number of halogens is 1. The lowest BCUT2D eigenvalue weighted by Crippen LogP contribution is -2.22. The Morgan fingerprint density at radius 2 is 2.06 bits per heavy atom. The summed E-state index contributed by atoms with van der Waals surface area (Å²) >= 11 is 5.98. The van der Waals surface area contributed by atoms with Crippen LogP contribution in [0, 0.1) is 0 Å². The number of carbonyl (C=O) groups is 1. The molecular formula is C14H18ClNO2. The number of esters is 1. The third-order valence-corrected chi connectivity index (χ3v) is 3.68. The van der Waals surface area contributed by atoms with E-state index >= 15 is 0 Å². The summed E-state index contributed by atoms with van der Waals surface area (Å²) in [6.45, 7) is 0. The number of ether oxygens (including phenoxy) is 1. The largest absolute Gasteiger partial charge is 0.465 e. The smallest absolute Gasteiger partial charge is 0.339 e. The van der Waals surface area contributed by atoms with Crippen LogP contribution in [-0.4, -0.2) is 19.1 Å². The summed E-state index contributed by atoms with van der Waals surface area (Å²) in [5.74, 6) is -0.396. The zero-order chi connectivity index (χ0) is 13.0. The molecule has 0 aliphatic heterocycles. The normalized spacial score (nSPS) is 16.3. The lowest BCUT2D eigenvalue weighted by atomic mass is 9.95. The van der Waals surface area contributed by atoms with Gasteiger partial charge in [0.25, 0.3) is 0 Å². The second-order valence-corrected chi connectivity index (χ2v) is 5.07. The molecule has 2 rings (SSSR count). The lowest BCUT2D eigenvalue weighted by Gasteiger charge is -2.24. The molecule has 1 saturated carbocycles. The minimum absolute atomic E-state index is 0.396. The van der Waals surface area contributed by atoms with Crippen molar-refractivity contribution < 1.29 is 9.53 Å². The first-order chi connectivity index (χ1) is 8.70. The van der Waals surface area contributed by atoms with Gasteiger partial charge in [0.2, 0.25) is 0 Å². The summed E-state index contributed by atoms with van der Waals surface area (Å²) in [7, 11) is 1.36. The van der Waals surface area contributed by atoms with Crippen molar-refractivity contribution in [1.82, 2.24) is 0 Å². The maximum Gasteiger partial charge on any atom is 0.339 e. The minimum atomic E-state index is -0.396. The van der Waals surface area contributed by atoms with Crippen LogP contribution in [0.2, 0.25) is 5.02 Å². The van der Waals surface area contributed by atoms with Gasteiger partial charge in [0, 0.05) is 11.7 Å². The van der Waals surface area contributed by atoms with Gasteiger partial charge in [-0.25, -0.2) is 4.79 Å². The van der Waals surface area contributed by atoms with E-state index in [4.69, 9.17) is 16.3 Å². The Bertz CT molecular complexity index is 428. The van der Waals surface area contributed by atoms with Crippen LogP contribution in [-0.2, 0) is 4.74 Å². The van der Waals surface area contributed by atoms with Crippen molar-refractivity contribution in [2.24, 2.45) is 0 Å². The summed E-state index contributed by atoms with van der Waals surface area (Å²) < 4.78 is 4.71. The first-order valence-electron chi connectivity index (χ1n) is 6.35. The summed E-state index contributed by atoms with van der Waals surface area (Å²) in [5, 5.41) is 3.89. The maximum absolute atomic E-state index is 11.5. The maximum atomic E-state index is 11.5. The Morgan fingerprint density at radius 1 is 1.33 bits per heavy atom. The zero-order valence-electron chi connectivity index (χ0n) is 10.5. The lowest BCUT2D eigenvalue weighted by molar-refractivity contribution is 0.0601. The molecule has 3 nitrogen and oxygen atoms in total. The van der Waals surface area contributed by atoms with Crippen LogP contribution in [0.15, 0.2) is 18.2 Å². The molecule has 1 aromatic rings.